The fraction of sp³-hybridized carbons (Fsp3) is 0.919. The summed E-state index contributed by atoms with van der Waals surface area (Å²) in [5, 5.41) is 85.5. The predicted molar refractivity (Wildman–Crippen MR) is 189 cm³/mol. The number of carbonyl (C=O) groups is 1. The molecule has 0 radical (unpaired) electrons. The van der Waals surface area contributed by atoms with Gasteiger partial charge in [-0.1, -0.05) is 90.2 Å². The molecule has 0 aromatic heterocycles. The molecule has 0 aromatic carbocycles. The highest BCUT2D eigenvalue weighted by Gasteiger charge is 2.50. The highest BCUT2D eigenvalue weighted by Crippen LogP contribution is 2.30. The normalized spacial score (nSPS) is 31.2. The number of amides is 1. The van der Waals surface area contributed by atoms with E-state index in [1.165, 1.54) is 32.1 Å². The molecule has 0 bridgehead atoms. The van der Waals surface area contributed by atoms with E-state index in [1.54, 1.807) is 0 Å². The fourth-order valence-electron chi connectivity index (χ4n) is 6.40. The Hall–Kier alpha value is -1.27. The van der Waals surface area contributed by atoms with Crippen molar-refractivity contribution in [3.63, 3.8) is 0 Å². The summed E-state index contributed by atoms with van der Waals surface area (Å²) >= 11 is 0. The predicted octanol–water partition coefficient (Wildman–Crippen LogP) is 1.70. The molecule has 12 atom stereocenters. The second-order valence-corrected chi connectivity index (χ2v) is 14.1. The van der Waals surface area contributed by atoms with Gasteiger partial charge >= 0.3 is 0 Å². The fourth-order valence-corrected chi connectivity index (χ4v) is 6.40. The summed E-state index contributed by atoms with van der Waals surface area (Å²) < 4.78 is 22.4. The first-order valence-electron chi connectivity index (χ1n) is 19.4. The van der Waals surface area contributed by atoms with Gasteiger partial charge in [0, 0.05) is 6.42 Å². The van der Waals surface area contributed by atoms with Crippen LogP contribution in [0.4, 0.5) is 0 Å². The van der Waals surface area contributed by atoms with E-state index in [0.29, 0.717) is 19.3 Å². The summed E-state index contributed by atoms with van der Waals surface area (Å²) in [6.45, 7) is 2.61. The molecule has 14 nitrogen and oxygen atoms in total. The zero-order valence-electron chi connectivity index (χ0n) is 30.8. The number of aliphatic hydroxyl groups excluding tert-OH is 8. The van der Waals surface area contributed by atoms with Crippen molar-refractivity contribution in [2.24, 2.45) is 0 Å². The van der Waals surface area contributed by atoms with Gasteiger partial charge in [-0.3, -0.25) is 4.79 Å². The molecule has 0 aliphatic carbocycles. The van der Waals surface area contributed by atoms with Gasteiger partial charge in [0.15, 0.2) is 12.6 Å². The van der Waals surface area contributed by atoms with Crippen LogP contribution in [0.15, 0.2) is 12.2 Å². The van der Waals surface area contributed by atoms with Crippen molar-refractivity contribution in [2.45, 2.75) is 197 Å². The Morgan fingerprint density at radius 2 is 1.24 bits per heavy atom. The SMILES string of the molecule is CCCCCCC/C=C\CCCCCCCC(=O)NC(COC1OC(CO)C(OC2OC(CO)C(O)C(O)C2O)C(O)C1O)C(O)CCCCC. The van der Waals surface area contributed by atoms with Gasteiger partial charge in [-0.25, -0.2) is 0 Å². The van der Waals surface area contributed by atoms with Crippen molar-refractivity contribution < 1.29 is 64.6 Å². The number of rotatable bonds is 27. The summed E-state index contributed by atoms with van der Waals surface area (Å²) in [5.74, 6) is -0.230. The number of nitrogens with one attached hydrogen (secondary N) is 1. The van der Waals surface area contributed by atoms with Crippen LogP contribution >= 0.6 is 0 Å². The molecule has 1 amide bonds. The van der Waals surface area contributed by atoms with Gasteiger partial charge in [-0.05, 0) is 38.5 Å². The number of aliphatic hydroxyl groups is 8. The van der Waals surface area contributed by atoms with Gasteiger partial charge in [0.25, 0.3) is 0 Å². The minimum atomic E-state index is -1.78. The summed E-state index contributed by atoms with van der Waals surface area (Å²) in [7, 11) is 0. The maximum Gasteiger partial charge on any atom is 0.220 e. The van der Waals surface area contributed by atoms with Crippen LogP contribution in [0.3, 0.4) is 0 Å². The van der Waals surface area contributed by atoms with Crippen LogP contribution in [0.5, 0.6) is 0 Å². The van der Waals surface area contributed by atoms with Gasteiger partial charge in [-0.2, -0.15) is 0 Å². The standard InChI is InChI=1S/C37H69NO13/c1-3-5-7-8-9-10-11-12-13-14-15-16-17-19-21-29(42)38-25(26(41)20-18-6-4-2)24-48-36-34(47)32(45)35(28(23-40)50-36)51-37-33(46)31(44)30(43)27(22-39)49-37/h11-12,25-28,30-37,39-41,43-47H,3-10,13-24H2,1-2H3,(H,38,42)/b12-11-. The van der Waals surface area contributed by atoms with Crippen molar-refractivity contribution in [1.29, 1.82) is 0 Å². The Bertz CT molecular complexity index is 925. The molecular formula is C37H69NO13. The van der Waals surface area contributed by atoms with E-state index in [2.05, 4.69) is 24.4 Å². The van der Waals surface area contributed by atoms with E-state index in [4.69, 9.17) is 18.9 Å². The largest absolute Gasteiger partial charge is 0.394 e. The average Bonchev–Trinajstić information content (AvgIpc) is 3.12. The maximum absolute atomic E-state index is 12.9. The molecule has 9 N–H and O–H groups in total. The molecule has 300 valence electrons. The van der Waals surface area contributed by atoms with E-state index in [9.17, 15) is 45.6 Å². The molecule has 2 fully saturated rings. The zero-order chi connectivity index (χ0) is 37.6. The Morgan fingerprint density at radius 1 is 0.686 bits per heavy atom. The molecule has 0 spiro atoms. The Labute approximate surface area is 304 Å². The lowest BCUT2D eigenvalue weighted by Crippen LogP contribution is -2.65. The first-order valence-corrected chi connectivity index (χ1v) is 19.4. The number of ether oxygens (including phenoxy) is 4. The lowest BCUT2D eigenvalue weighted by atomic mass is 9.97. The Kier molecular flexibility index (Phi) is 23.8. The molecule has 14 heteroatoms. The third-order valence-corrected chi connectivity index (χ3v) is 9.73. The quantitative estimate of drug-likeness (QED) is 0.0433. The molecule has 0 aromatic rings. The smallest absolute Gasteiger partial charge is 0.220 e. The van der Waals surface area contributed by atoms with E-state index in [0.717, 1.165) is 57.8 Å². The number of hydrogen-bond donors (Lipinski definition) is 9. The minimum absolute atomic E-state index is 0.230. The van der Waals surface area contributed by atoms with Gasteiger partial charge in [0.05, 0.1) is 32.0 Å². The summed E-state index contributed by atoms with van der Waals surface area (Å²) in [4.78, 5) is 12.9. The molecule has 2 rings (SSSR count). The number of allylic oxidation sites excluding steroid dienone is 2. The maximum atomic E-state index is 12.9. The van der Waals surface area contributed by atoms with Crippen LogP contribution in [-0.2, 0) is 23.7 Å². The topological polar surface area (TPSA) is 228 Å². The van der Waals surface area contributed by atoms with Crippen LogP contribution in [0, 0.1) is 0 Å². The second-order valence-electron chi connectivity index (χ2n) is 14.1. The molecule has 51 heavy (non-hydrogen) atoms. The van der Waals surface area contributed by atoms with Crippen LogP contribution in [0.1, 0.15) is 123 Å². The lowest BCUT2D eigenvalue weighted by molar-refractivity contribution is -0.359. The van der Waals surface area contributed by atoms with Gasteiger partial charge in [-0.15, -0.1) is 0 Å². The molecule has 12 unspecified atom stereocenters. The summed E-state index contributed by atoms with van der Waals surface area (Å²) in [5.41, 5.74) is 0. The second kappa shape index (κ2) is 26.5. The van der Waals surface area contributed by atoms with E-state index >= 15 is 0 Å². The summed E-state index contributed by atoms with van der Waals surface area (Å²) in [6, 6.07) is -0.823. The van der Waals surface area contributed by atoms with Crippen molar-refractivity contribution >= 4 is 5.91 Å². The van der Waals surface area contributed by atoms with Crippen LogP contribution in [-0.4, -0.2) is 140 Å². The third kappa shape index (κ3) is 16.3. The first kappa shape index (κ1) is 45.9. The molecule has 2 aliphatic rings. The Balaban J connectivity index is 1.84. The van der Waals surface area contributed by atoms with Crippen LogP contribution < -0.4 is 5.32 Å². The molecular weight excluding hydrogens is 666 g/mol. The highest BCUT2D eigenvalue weighted by molar-refractivity contribution is 5.76. The molecule has 2 aliphatic heterocycles. The molecule has 2 saturated heterocycles. The minimum Gasteiger partial charge on any atom is -0.394 e. The van der Waals surface area contributed by atoms with Crippen LogP contribution in [0.2, 0.25) is 0 Å². The van der Waals surface area contributed by atoms with E-state index < -0.39 is 86.8 Å². The van der Waals surface area contributed by atoms with Crippen molar-refractivity contribution in [3.8, 4) is 0 Å². The van der Waals surface area contributed by atoms with Crippen LogP contribution in [0.25, 0.3) is 0 Å². The van der Waals surface area contributed by atoms with Crippen molar-refractivity contribution in [3.05, 3.63) is 12.2 Å². The van der Waals surface area contributed by atoms with Crippen molar-refractivity contribution in [2.75, 3.05) is 19.8 Å². The highest BCUT2D eigenvalue weighted by atomic mass is 16.7. The van der Waals surface area contributed by atoms with E-state index in [-0.39, 0.29) is 12.5 Å². The molecule has 2 heterocycles. The lowest BCUT2D eigenvalue weighted by Gasteiger charge is -2.46. The summed E-state index contributed by atoms with van der Waals surface area (Å²) in [6.07, 6.45) is 4.80. The monoisotopic (exact) mass is 735 g/mol. The zero-order valence-corrected chi connectivity index (χ0v) is 30.8. The molecule has 0 saturated carbocycles. The van der Waals surface area contributed by atoms with Gasteiger partial charge in [0.2, 0.25) is 5.91 Å². The Morgan fingerprint density at radius 3 is 1.86 bits per heavy atom. The number of unbranched alkanes of at least 4 members (excludes halogenated alkanes) is 12. The van der Waals surface area contributed by atoms with Crippen molar-refractivity contribution in [1.82, 2.24) is 5.32 Å². The average molecular weight is 736 g/mol. The van der Waals surface area contributed by atoms with Gasteiger partial charge < -0.3 is 65.1 Å². The third-order valence-electron chi connectivity index (χ3n) is 9.73. The van der Waals surface area contributed by atoms with Gasteiger partial charge in [0.1, 0.15) is 48.8 Å². The first-order chi connectivity index (χ1) is 24.6. The number of hydrogen-bond acceptors (Lipinski definition) is 13. The number of carbonyl (C=O) groups excluding carboxylic acids is 1. The van der Waals surface area contributed by atoms with E-state index in [1.807, 2.05) is 6.92 Å².